The topological polar surface area (TPSA) is 121 Å². The Morgan fingerprint density at radius 2 is 1.70 bits per heavy atom. The largest absolute Gasteiger partial charge is 0.493 e. The Kier molecular flexibility index (Phi) is 9.85. The molecule has 1 unspecified atom stereocenters. The van der Waals surface area contributed by atoms with Gasteiger partial charge in [0.25, 0.3) is 5.91 Å². The molecule has 50 heavy (non-hydrogen) atoms. The number of hydrogen-bond acceptors (Lipinski definition) is 8. The molecule has 1 aromatic carbocycles. The molecule has 2 aliphatic rings. The van der Waals surface area contributed by atoms with E-state index in [0.717, 1.165) is 23.0 Å². The average Bonchev–Trinajstić information content (AvgIpc) is 3.60. The number of anilines is 1. The molecule has 1 atom stereocenters. The third-order valence-corrected chi connectivity index (χ3v) is 9.50. The van der Waals surface area contributed by atoms with Crippen LogP contribution in [0.2, 0.25) is 0 Å². The maximum absolute atomic E-state index is 16.7. The quantitative estimate of drug-likeness (QED) is 0.199. The van der Waals surface area contributed by atoms with Crippen molar-refractivity contribution in [3.63, 3.8) is 0 Å². The number of carbonyl (C=O) groups excluding carboxylic acids is 3. The lowest BCUT2D eigenvalue weighted by Crippen LogP contribution is -2.49. The van der Waals surface area contributed by atoms with Crippen molar-refractivity contribution < 1.29 is 32.6 Å². The van der Waals surface area contributed by atoms with E-state index >= 15 is 4.39 Å². The summed E-state index contributed by atoms with van der Waals surface area (Å²) in [5.41, 5.74) is 4.72. The van der Waals surface area contributed by atoms with E-state index < -0.39 is 23.5 Å². The van der Waals surface area contributed by atoms with Crippen molar-refractivity contribution in [1.29, 1.82) is 0 Å². The van der Waals surface area contributed by atoms with E-state index in [1.807, 2.05) is 30.9 Å². The summed E-state index contributed by atoms with van der Waals surface area (Å²) in [6.07, 6.45) is 6.01. The average molecular weight is 687 g/mol. The van der Waals surface area contributed by atoms with Gasteiger partial charge < -0.3 is 29.2 Å². The summed E-state index contributed by atoms with van der Waals surface area (Å²) < 4.78 is 40.5. The van der Waals surface area contributed by atoms with Crippen LogP contribution in [0.15, 0.2) is 42.7 Å². The number of rotatable bonds is 8. The first kappa shape index (κ1) is 34.5. The number of amides is 2. The molecule has 4 aromatic rings. The van der Waals surface area contributed by atoms with Crippen molar-refractivity contribution in [1.82, 2.24) is 24.8 Å². The summed E-state index contributed by atoms with van der Waals surface area (Å²) in [7, 11) is 2.69. The molecule has 2 amide bonds. The fourth-order valence-corrected chi connectivity index (χ4v) is 6.75. The highest BCUT2D eigenvalue weighted by Crippen LogP contribution is 2.38. The van der Waals surface area contributed by atoms with Crippen molar-refractivity contribution in [2.45, 2.75) is 33.6 Å². The number of ether oxygens (including phenoxy) is 2. The van der Waals surface area contributed by atoms with E-state index in [-0.39, 0.29) is 29.6 Å². The van der Waals surface area contributed by atoms with Crippen molar-refractivity contribution >= 4 is 40.1 Å². The predicted molar refractivity (Wildman–Crippen MR) is 185 cm³/mol. The summed E-state index contributed by atoms with van der Waals surface area (Å²) in [5.74, 6) is -2.51. The normalized spacial score (nSPS) is 15.6. The Hall–Kier alpha value is -5.33. The Balaban J connectivity index is 1.35. The number of carbonyl (C=O) groups is 3. The van der Waals surface area contributed by atoms with Crippen LogP contribution in [0.3, 0.4) is 0 Å². The van der Waals surface area contributed by atoms with Gasteiger partial charge in [-0.15, -0.1) is 0 Å². The van der Waals surface area contributed by atoms with Gasteiger partial charge in [-0.1, -0.05) is 13.0 Å². The summed E-state index contributed by atoms with van der Waals surface area (Å²) in [6.45, 7) is 7.56. The highest BCUT2D eigenvalue weighted by Gasteiger charge is 2.31. The number of nitrogens with one attached hydrogen (secondary N) is 1. The van der Waals surface area contributed by atoms with Gasteiger partial charge >= 0.3 is 5.97 Å². The van der Waals surface area contributed by atoms with Crippen LogP contribution in [0.5, 0.6) is 5.75 Å². The lowest BCUT2D eigenvalue weighted by Gasteiger charge is -2.35. The number of halogens is 2. The second-order valence-electron chi connectivity index (χ2n) is 12.6. The Labute approximate surface area is 288 Å². The van der Waals surface area contributed by atoms with Gasteiger partial charge in [-0.2, -0.15) is 0 Å². The third-order valence-electron chi connectivity index (χ3n) is 9.50. The van der Waals surface area contributed by atoms with Gasteiger partial charge in [0.05, 0.1) is 25.9 Å². The van der Waals surface area contributed by atoms with Gasteiger partial charge in [0, 0.05) is 73.7 Å². The van der Waals surface area contributed by atoms with E-state index in [2.05, 4.69) is 15.0 Å². The molecular weight excluding hydrogens is 646 g/mol. The number of aryl methyl sites for hydroxylation is 2. The molecule has 13 heteroatoms. The van der Waals surface area contributed by atoms with Gasteiger partial charge in [-0.3, -0.25) is 19.4 Å². The lowest BCUT2D eigenvalue weighted by atomic mass is 9.91. The van der Waals surface area contributed by atoms with E-state index in [4.69, 9.17) is 9.47 Å². The third kappa shape index (κ3) is 6.51. The molecule has 1 N–H and O–H groups in total. The lowest BCUT2D eigenvalue weighted by molar-refractivity contribution is -0.152. The summed E-state index contributed by atoms with van der Waals surface area (Å²) in [6, 6.07) is 6.75. The van der Waals surface area contributed by atoms with Crippen molar-refractivity contribution in [2.24, 2.45) is 5.92 Å². The summed E-state index contributed by atoms with van der Waals surface area (Å²) in [5, 5.41) is 0.539. The molecular formula is C37H40F2N6O5. The number of aromatic nitrogens is 3. The molecule has 0 saturated carbocycles. The minimum Gasteiger partial charge on any atom is -0.493 e. The minimum absolute atomic E-state index is 0.110. The molecule has 0 aliphatic carbocycles. The zero-order valence-electron chi connectivity index (χ0n) is 28.8. The number of H-pyrrole nitrogens is 1. The predicted octanol–water partition coefficient (Wildman–Crippen LogP) is 5.17. The number of aromatic amines is 1. The second kappa shape index (κ2) is 14.3. The van der Waals surface area contributed by atoms with Gasteiger partial charge in [-0.05, 0) is 61.6 Å². The van der Waals surface area contributed by atoms with Crippen LogP contribution in [-0.4, -0.2) is 96.0 Å². The van der Waals surface area contributed by atoms with Crippen LogP contribution >= 0.6 is 0 Å². The van der Waals surface area contributed by atoms with Crippen LogP contribution in [0, 0.1) is 24.5 Å². The zero-order chi connectivity index (χ0) is 35.7. The fraction of sp³-hybridized carbons (Fsp3) is 0.378. The monoisotopic (exact) mass is 686 g/mol. The van der Waals surface area contributed by atoms with Crippen molar-refractivity contribution in [2.75, 3.05) is 58.4 Å². The number of pyridine rings is 2. The van der Waals surface area contributed by atoms with E-state index in [9.17, 15) is 18.8 Å². The van der Waals surface area contributed by atoms with Gasteiger partial charge in [-0.25, -0.2) is 13.8 Å². The number of fused-ring (bicyclic) bond motifs is 1. The first-order valence-electron chi connectivity index (χ1n) is 16.6. The van der Waals surface area contributed by atoms with Crippen molar-refractivity contribution in [3.05, 3.63) is 76.9 Å². The standard InChI is InChI=1S/C37H40F2N6O5/c1-6-23-14-21(2)40-19-29(23)27-16-26(24-8-7-9-45(20-24)35(46)22(3)37(48)50-5)32(39)33-28(27)17-30(42-33)36(47)44-12-10-43(11-13-44)34-31(49-4)15-25(38)18-41-34/h8,14-19,22,42H,6-7,9-13,20H2,1-5H3. The van der Waals surface area contributed by atoms with Gasteiger partial charge in [0.15, 0.2) is 17.4 Å². The van der Waals surface area contributed by atoms with Crippen LogP contribution in [0.25, 0.3) is 27.6 Å². The number of methoxy groups -OCH3 is 2. The maximum atomic E-state index is 16.7. The molecule has 3 aromatic heterocycles. The molecule has 0 bridgehead atoms. The van der Waals surface area contributed by atoms with Gasteiger partial charge in [0.1, 0.15) is 17.4 Å². The fourth-order valence-electron chi connectivity index (χ4n) is 6.75. The van der Waals surface area contributed by atoms with E-state index in [1.54, 1.807) is 28.1 Å². The molecule has 6 rings (SSSR count). The molecule has 0 radical (unpaired) electrons. The Morgan fingerprint density at radius 3 is 2.40 bits per heavy atom. The maximum Gasteiger partial charge on any atom is 0.317 e. The van der Waals surface area contributed by atoms with Crippen LogP contribution in [-0.2, 0) is 20.7 Å². The summed E-state index contributed by atoms with van der Waals surface area (Å²) >= 11 is 0. The highest BCUT2D eigenvalue weighted by atomic mass is 19.1. The number of hydrogen-bond donors (Lipinski definition) is 1. The SMILES string of the molecule is CCc1cc(C)ncc1-c1cc(C2=CCCN(C(=O)C(C)C(=O)OC)C2)c(F)c2[nH]c(C(=O)N3CCN(c4ncc(F)cc4OC)CC3)cc12. The zero-order valence-corrected chi connectivity index (χ0v) is 28.8. The molecule has 262 valence electrons. The molecule has 5 heterocycles. The Morgan fingerprint density at radius 1 is 0.940 bits per heavy atom. The molecule has 11 nitrogen and oxygen atoms in total. The molecule has 1 saturated heterocycles. The number of esters is 1. The highest BCUT2D eigenvalue weighted by molar-refractivity contribution is 6.05. The summed E-state index contributed by atoms with van der Waals surface area (Å²) in [4.78, 5) is 56.2. The smallest absolute Gasteiger partial charge is 0.317 e. The van der Waals surface area contributed by atoms with Gasteiger partial charge in [0.2, 0.25) is 5.91 Å². The van der Waals surface area contributed by atoms with E-state index in [1.165, 1.54) is 27.2 Å². The Bertz CT molecular complexity index is 2000. The van der Waals surface area contributed by atoms with Crippen LogP contribution < -0.4 is 9.64 Å². The molecule has 1 fully saturated rings. The number of nitrogens with zero attached hydrogens (tertiary/aromatic N) is 5. The first-order chi connectivity index (χ1) is 24.0. The molecule has 0 spiro atoms. The minimum atomic E-state index is -0.985. The molecule has 2 aliphatic heterocycles. The first-order valence-corrected chi connectivity index (χ1v) is 16.6. The van der Waals surface area contributed by atoms with Crippen LogP contribution in [0.1, 0.15) is 47.6 Å². The number of piperazine rings is 1. The second-order valence-corrected chi connectivity index (χ2v) is 12.6. The van der Waals surface area contributed by atoms with Crippen LogP contribution in [0.4, 0.5) is 14.6 Å². The van der Waals surface area contributed by atoms with Crippen molar-refractivity contribution in [3.8, 4) is 16.9 Å². The number of benzene rings is 1. The van der Waals surface area contributed by atoms with E-state index in [0.29, 0.717) is 79.2 Å².